The van der Waals surface area contributed by atoms with Gasteiger partial charge in [-0.1, -0.05) is 91.0 Å². The van der Waals surface area contributed by atoms with E-state index < -0.39 is 0 Å². The molecule has 178 valence electrons. The zero-order valence-corrected chi connectivity index (χ0v) is 19.7. The normalized spacial score (nSPS) is 21.3. The Labute approximate surface area is 201 Å². The molecule has 1 aliphatic heterocycles. The second kappa shape index (κ2) is 13.0. The van der Waals surface area contributed by atoms with Crippen molar-refractivity contribution in [3.05, 3.63) is 108 Å². The van der Waals surface area contributed by atoms with Crippen molar-refractivity contribution in [1.82, 2.24) is 0 Å². The van der Waals surface area contributed by atoms with Crippen LogP contribution in [0.1, 0.15) is 30.0 Å². The maximum atomic E-state index is 6.41. The van der Waals surface area contributed by atoms with Crippen molar-refractivity contribution in [3.63, 3.8) is 0 Å². The Bertz CT molecular complexity index is 991. The number of rotatable bonds is 11. The van der Waals surface area contributed by atoms with Gasteiger partial charge >= 0.3 is 5.97 Å². The second-order valence-corrected chi connectivity index (χ2v) is 8.26. The van der Waals surface area contributed by atoms with Gasteiger partial charge in [-0.3, -0.25) is 0 Å². The van der Waals surface area contributed by atoms with Crippen LogP contribution in [0.4, 0.5) is 0 Å². The summed E-state index contributed by atoms with van der Waals surface area (Å²) in [5, 5.41) is 0. The van der Waals surface area contributed by atoms with E-state index in [4.69, 9.17) is 23.4 Å². The predicted octanol–water partition coefficient (Wildman–Crippen LogP) is 5.25. The SMILES string of the molecule is CC[O+]=C1C[C@@H](OCc2ccccc2)[C@H](OCc2ccccc2)[C@@H](COCc2ccccc2)O1. The molecule has 0 bridgehead atoms. The summed E-state index contributed by atoms with van der Waals surface area (Å²) in [6.45, 7) is 4.33. The summed E-state index contributed by atoms with van der Waals surface area (Å²) in [4.78, 5) is 0. The van der Waals surface area contributed by atoms with Gasteiger partial charge in [0.15, 0.2) is 12.7 Å². The van der Waals surface area contributed by atoms with Crippen LogP contribution in [0.5, 0.6) is 0 Å². The number of hydrogen-bond acceptors (Lipinski definition) is 4. The Balaban J connectivity index is 1.47. The summed E-state index contributed by atoms with van der Waals surface area (Å²) in [5.74, 6) is 0.577. The lowest BCUT2D eigenvalue weighted by atomic mass is 10.0. The topological polar surface area (TPSA) is 48.2 Å². The lowest BCUT2D eigenvalue weighted by Gasteiger charge is -2.32. The number of hydrogen-bond donors (Lipinski definition) is 0. The maximum Gasteiger partial charge on any atom is 0.487 e. The fraction of sp³-hybridized carbons (Fsp3) is 0.345. The smallest absolute Gasteiger partial charge is 0.370 e. The summed E-state index contributed by atoms with van der Waals surface area (Å²) >= 11 is 0. The highest BCUT2D eigenvalue weighted by Crippen LogP contribution is 2.25. The van der Waals surface area contributed by atoms with Crippen LogP contribution in [-0.4, -0.2) is 37.5 Å². The first-order valence-electron chi connectivity index (χ1n) is 11.9. The average molecular weight is 462 g/mol. The summed E-state index contributed by atoms with van der Waals surface area (Å²) in [5.41, 5.74) is 3.34. The third kappa shape index (κ3) is 7.26. The molecule has 5 nitrogen and oxygen atoms in total. The molecule has 5 heteroatoms. The first-order chi connectivity index (χ1) is 16.8. The van der Waals surface area contributed by atoms with Gasteiger partial charge < -0.3 is 23.4 Å². The van der Waals surface area contributed by atoms with Gasteiger partial charge in [-0.2, -0.15) is 0 Å². The fourth-order valence-corrected chi connectivity index (χ4v) is 3.97. The second-order valence-electron chi connectivity index (χ2n) is 8.26. The molecular weight excluding hydrogens is 428 g/mol. The molecule has 0 unspecified atom stereocenters. The molecule has 0 aliphatic carbocycles. The van der Waals surface area contributed by atoms with E-state index in [1.807, 2.05) is 61.5 Å². The van der Waals surface area contributed by atoms with Crippen LogP contribution in [0.3, 0.4) is 0 Å². The monoisotopic (exact) mass is 461 g/mol. The predicted molar refractivity (Wildman–Crippen MR) is 131 cm³/mol. The van der Waals surface area contributed by atoms with E-state index in [1.165, 1.54) is 0 Å². The number of cyclic esters (lactones) is 1. The fourth-order valence-electron chi connectivity index (χ4n) is 3.97. The molecule has 3 aromatic rings. The standard InChI is InChI=1S/C29H33O5/c1-2-31-28-18-26(32-20-24-14-8-4-9-15-24)29(33-21-25-16-10-5-11-17-25)27(34-28)22-30-19-23-12-6-3-7-13-23/h3-17,26-27,29H,2,18-22H2,1H3/q+1/t26-,27-,29+/m1/s1. The summed E-state index contributed by atoms with van der Waals surface area (Å²) < 4.78 is 30.8. The minimum atomic E-state index is -0.344. The highest BCUT2D eigenvalue weighted by molar-refractivity contribution is 5.71. The quantitative estimate of drug-likeness (QED) is 0.289. The lowest BCUT2D eigenvalue weighted by Crippen LogP contribution is -2.51. The molecule has 34 heavy (non-hydrogen) atoms. The first kappa shape index (κ1) is 24.1. The molecule has 0 saturated carbocycles. The summed E-state index contributed by atoms with van der Waals surface area (Å²) in [7, 11) is 0. The Morgan fingerprint density at radius 3 is 1.82 bits per heavy atom. The van der Waals surface area contributed by atoms with Gasteiger partial charge in [0, 0.05) is 0 Å². The molecule has 3 atom stereocenters. The van der Waals surface area contributed by atoms with Crippen molar-refractivity contribution >= 4 is 5.97 Å². The molecule has 0 amide bonds. The Kier molecular flexibility index (Phi) is 9.26. The van der Waals surface area contributed by atoms with Crippen molar-refractivity contribution in [2.24, 2.45) is 0 Å². The van der Waals surface area contributed by atoms with Gasteiger partial charge in [0.25, 0.3) is 0 Å². The van der Waals surface area contributed by atoms with E-state index in [1.54, 1.807) is 0 Å². The molecule has 0 aromatic heterocycles. The van der Waals surface area contributed by atoms with E-state index >= 15 is 0 Å². The van der Waals surface area contributed by atoms with Crippen LogP contribution in [-0.2, 0) is 43.2 Å². The van der Waals surface area contributed by atoms with E-state index in [0.29, 0.717) is 45.4 Å². The minimum Gasteiger partial charge on any atom is -0.370 e. The Hall–Kier alpha value is -2.99. The number of esters is 1. The third-order valence-electron chi connectivity index (χ3n) is 5.67. The van der Waals surface area contributed by atoms with Gasteiger partial charge in [-0.05, 0) is 23.6 Å². The van der Waals surface area contributed by atoms with Gasteiger partial charge in [0.1, 0.15) is 19.1 Å². The van der Waals surface area contributed by atoms with E-state index in [-0.39, 0.29) is 18.3 Å². The number of carbonyl (C=O) groups excluding carboxylic acids is 1. The summed E-state index contributed by atoms with van der Waals surface area (Å²) in [6, 6.07) is 30.4. The molecule has 0 radical (unpaired) electrons. The lowest BCUT2D eigenvalue weighted by molar-refractivity contribution is -0.468. The molecular formula is C29H33O5+. The van der Waals surface area contributed by atoms with Crippen LogP contribution in [0.25, 0.3) is 0 Å². The highest BCUT2D eigenvalue weighted by atomic mass is 16.6. The average Bonchev–Trinajstić information content (AvgIpc) is 2.89. The molecule has 1 heterocycles. The number of ether oxygens (including phenoxy) is 4. The van der Waals surface area contributed by atoms with Gasteiger partial charge in [0.05, 0.1) is 19.8 Å². The highest BCUT2D eigenvalue weighted by Gasteiger charge is 2.47. The van der Waals surface area contributed by atoms with Crippen molar-refractivity contribution in [3.8, 4) is 0 Å². The van der Waals surface area contributed by atoms with Crippen LogP contribution in [0.2, 0.25) is 0 Å². The van der Waals surface area contributed by atoms with Gasteiger partial charge in [-0.25, -0.2) is 0 Å². The molecule has 1 saturated heterocycles. The van der Waals surface area contributed by atoms with Gasteiger partial charge in [-0.15, -0.1) is 0 Å². The Morgan fingerprint density at radius 2 is 1.26 bits per heavy atom. The van der Waals surface area contributed by atoms with Crippen LogP contribution in [0, 0.1) is 0 Å². The molecule has 0 spiro atoms. The summed E-state index contributed by atoms with van der Waals surface area (Å²) in [6.07, 6.45) is -0.341. The van der Waals surface area contributed by atoms with Crippen molar-refractivity contribution in [2.45, 2.75) is 51.5 Å². The van der Waals surface area contributed by atoms with Crippen LogP contribution in [0.15, 0.2) is 91.0 Å². The first-order valence-corrected chi connectivity index (χ1v) is 11.9. The van der Waals surface area contributed by atoms with Crippen molar-refractivity contribution in [1.29, 1.82) is 0 Å². The minimum absolute atomic E-state index is 0.218. The number of benzene rings is 3. The van der Waals surface area contributed by atoms with Crippen LogP contribution < -0.4 is 0 Å². The molecule has 0 N–H and O–H groups in total. The van der Waals surface area contributed by atoms with E-state index in [2.05, 4.69) is 36.4 Å². The van der Waals surface area contributed by atoms with Crippen molar-refractivity contribution in [2.75, 3.05) is 13.2 Å². The van der Waals surface area contributed by atoms with E-state index in [0.717, 1.165) is 16.7 Å². The molecule has 1 fully saturated rings. The zero-order chi connectivity index (χ0) is 23.4. The maximum absolute atomic E-state index is 6.41. The molecule has 1 aliphatic rings. The van der Waals surface area contributed by atoms with Crippen molar-refractivity contribution < 1.29 is 23.4 Å². The van der Waals surface area contributed by atoms with E-state index in [9.17, 15) is 0 Å². The molecule has 4 rings (SSSR count). The third-order valence-corrected chi connectivity index (χ3v) is 5.67. The van der Waals surface area contributed by atoms with Crippen LogP contribution >= 0.6 is 0 Å². The Morgan fingerprint density at radius 1 is 0.735 bits per heavy atom. The zero-order valence-electron chi connectivity index (χ0n) is 19.7. The molecule has 3 aromatic carbocycles. The van der Waals surface area contributed by atoms with Gasteiger partial charge in [0.2, 0.25) is 6.10 Å². The largest absolute Gasteiger partial charge is 0.487 e.